The van der Waals surface area contributed by atoms with Crippen molar-refractivity contribution in [1.82, 2.24) is 15.1 Å². The van der Waals surface area contributed by atoms with Gasteiger partial charge in [-0.15, -0.1) is 0 Å². The van der Waals surface area contributed by atoms with Gasteiger partial charge in [-0.25, -0.2) is 0 Å². The number of aliphatic carboxylic acids is 1. The molecule has 6 nitrogen and oxygen atoms in total. The van der Waals surface area contributed by atoms with Gasteiger partial charge in [-0.1, -0.05) is 30.3 Å². The number of carbonyl (C=O) groups is 2. The molecule has 1 amide bonds. The van der Waals surface area contributed by atoms with Crippen molar-refractivity contribution in [2.45, 2.75) is 37.7 Å². The molecule has 0 aliphatic rings. The predicted octanol–water partition coefficient (Wildman–Crippen LogP) is 6.86. The van der Waals surface area contributed by atoms with Gasteiger partial charge in [0.1, 0.15) is 0 Å². The van der Waals surface area contributed by atoms with Crippen molar-refractivity contribution in [3.05, 3.63) is 89.6 Å². The minimum Gasteiger partial charge on any atom is -0.481 e. The Labute approximate surface area is 224 Å². The molecule has 2 N–H and O–H groups in total. The number of carboxylic acids is 1. The van der Waals surface area contributed by atoms with Gasteiger partial charge in [0.25, 0.3) is 5.91 Å². The van der Waals surface area contributed by atoms with Crippen LogP contribution in [0.2, 0.25) is 0 Å². The minimum absolute atomic E-state index is 0.0716. The van der Waals surface area contributed by atoms with Crippen molar-refractivity contribution in [2.24, 2.45) is 0 Å². The van der Waals surface area contributed by atoms with Crippen LogP contribution in [0.1, 0.15) is 46.8 Å². The summed E-state index contributed by atoms with van der Waals surface area (Å²) in [6, 6.07) is 14.8. The number of alkyl halides is 6. The van der Waals surface area contributed by atoms with Gasteiger partial charge in [-0.3, -0.25) is 14.3 Å². The lowest BCUT2D eigenvalue weighted by Gasteiger charge is -2.20. The quantitative estimate of drug-likeness (QED) is 0.218. The monoisotopic (exact) mass is 563 g/mol. The van der Waals surface area contributed by atoms with Crippen LogP contribution < -0.4 is 5.32 Å². The standard InChI is InChI=1S/C28H23F6N3O3/c29-27(30,31)13-11-24(18-1-3-19(4-2-18)26(40)35-14-12-25(38)39)37-23-10-7-20(15-21(23)16-36-37)17-5-8-22(9-6-17)28(32,33)34/h1-10,15-16,24H,11-14H2,(H,35,40)(H,38,39). The topological polar surface area (TPSA) is 84.2 Å². The molecule has 0 bridgehead atoms. The summed E-state index contributed by atoms with van der Waals surface area (Å²) in [5.41, 5.74) is 1.59. The molecule has 0 aliphatic carbocycles. The number of hydrogen-bond acceptors (Lipinski definition) is 3. The smallest absolute Gasteiger partial charge is 0.416 e. The second-order valence-electron chi connectivity index (χ2n) is 9.13. The predicted molar refractivity (Wildman–Crippen MR) is 135 cm³/mol. The molecule has 1 aromatic heterocycles. The van der Waals surface area contributed by atoms with Gasteiger partial charge in [0.05, 0.1) is 29.7 Å². The number of hydrogen-bond donors (Lipinski definition) is 2. The lowest BCUT2D eigenvalue weighted by Crippen LogP contribution is -2.26. The molecule has 3 aromatic carbocycles. The fourth-order valence-corrected chi connectivity index (χ4v) is 4.30. The minimum atomic E-state index is -4.46. The van der Waals surface area contributed by atoms with Crippen molar-refractivity contribution in [3.63, 3.8) is 0 Å². The van der Waals surface area contributed by atoms with E-state index in [1.165, 1.54) is 47.3 Å². The molecule has 0 fully saturated rings. The van der Waals surface area contributed by atoms with Crippen molar-refractivity contribution >= 4 is 22.8 Å². The van der Waals surface area contributed by atoms with Crippen molar-refractivity contribution in [2.75, 3.05) is 6.54 Å². The Morgan fingerprint density at radius 3 is 2.15 bits per heavy atom. The number of fused-ring (bicyclic) bond motifs is 1. The van der Waals surface area contributed by atoms with E-state index in [4.69, 9.17) is 5.11 Å². The zero-order chi connectivity index (χ0) is 29.1. The third-order valence-corrected chi connectivity index (χ3v) is 6.32. The molecular formula is C28H23F6N3O3. The maximum absolute atomic E-state index is 13.2. The van der Waals surface area contributed by atoms with Crippen LogP contribution in [0.3, 0.4) is 0 Å². The number of nitrogens with one attached hydrogen (secondary N) is 1. The Morgan fingerprint density at radius 2 is 1.55 bits per heavy atom. The van der Waals surface area contributed by atoms with E-state index in [0.29, 0.717) is 27.6 Å². The second-order valence-corrected chi connectivity index (χ2v) is 9.13. The number of aromatic nitrogens is 2. The van der Waals surface area contributed by atoms with Crippen molar-refractivity contribution in [1.29, 1.82) is 0 Å². The molecule has 0 saturated heterocycles. The summed E-state index contributed by atoms with van der Waals surface area (Å²) < 4.78 is 79.7. The highest BCUT2D eigenvalue weighted by Crippen LogP contribution is 2.35. The number of rotatable bonds is 9. The van der Waals surface area contributed by atoms with Gasteiger partial charge in [0.15, 0.2) is 0 Å². The fraction of sp³-hybridized carbons (Fsp3) is 0.250. The average molecular weight is 563 g/mol. The van der Waals surface area contributed by atoms with Gasteiger partial charge in [0, 0.05) is 23.9 Å². The van der Waals surface area contributed by atoms with E-state index in [-0.39, 0.29) is 24.9 Å². The second kappa shape index (κ2) is 11.4. The first kappa shape index (κ1) is 28.7. The van der Waals surface area contributed by atoms with E-state index in [9.17, 15) is 35.9 Å². The molecule has 0 aliphatic heterocycles. The zero-order valence-corrected chi connectivity index (χ0v) is 20.8. The van der Waals surface area contributed by atoms with Crippen molar-refractivity contribution < 1.29 is 41.0 Å². The van der Waals surface area contributed by atoms with E-state index in [2.05, 4.69) is 10.4 Å². The summed E-state index contributed by atoms with van der Waals surface area (Å²) in [5, 5.41) is 16.1. The highest BCUT2D eigenvalue weighted by molar-refractivity contribution is 5.94. The van der Waals surface area contributed by atoms with E-state index >= 15 is 0 Å². The molecule has 0 saturated carbocycles. The first-order valence-corrected chi connectivity index (χ1v) is 12.1. The molecule has 40 heavy (non-hydrogen) atoms. The maximum atomic E-state index is 13.2. The first-order valence-electron chi connectivity index (χ1n) is 12.1. The Kier molecular flexibility index (Phi) is 8.17. The van der Waals surface area contributed by atoms with E-state index in [0.717, 1.165) is 12.1 Å². The van der Waals surface area contributed by atoms with Gasteiger partial charge >= 0.3 is 18.3 Å². The molecule has 210 valence electrons. The average Bonchev–Trinajstić information content (AvgIpc) is 3.31. The van der Waals surface area contributed by atoms with E-state index in [1.807, 2.05) is 0 Å². The van der Waals surface area contributed by atoms with E-state index < -0.39 is 42.3 Å². The van der Waals surface area contributed by atoms with E-state index in [1.54, 1.807) is 18.2 Å². The van der Waals surface area contributed by atoms with Crippen LogP contribution in [0, 0.1) is 0 Å². The molecule has 1 unspecified atom stereocenters. The third kappa shape index (κ3) is 6.99. The molecule has 4 aromatic rings. The van der Waals surface area contributed by atoms with Crippen LogP contribution >= 0.6 is 0 Å². The van der Waals surface area contributed by atoms with Crippen LogP contribution in [0.4, 0.5) is 26.3 Å². The molecule has 1 heterocycles. The molecule has 12 heteroatoms. The largest absolute Gasteiger partial charge is 0.481 e. The lowest BCUT2D eigenvalue weighted by molar-refractivity contribution is -0.138. The van der Waals surface area contributed by atoms with Crippen LogP contribution in [0.25, 0.3) is 22.0 Å². The normalized spacial score (nSPS) is 12.8. The number of amides is 1. The molecule has 4 rings (SSSR count). The molecule has 1 atom stereocenters. The SMILES string of the molecule is O=C(O)CCNC(=O)c1ccc(C(CCC(F)(F)F)n2ncc3cc(-c4ccc(C(F)(F)F)cc4)ccc32)cc1. The summed E-state index contributed by atoms with van der Waals surface area (Å²) in [6.07, 6.45) is -9.06. The van der Waals surface area contributed by atoms with Crippen LogP contribution in [0.15, 0.2) is 72.9 Å². The fourth-order valence-electron chi connectivity index (χ4n) is 4.30. The van der Waals surface area contributed by atoms with Gasteiger partial charge < -0.3 is 10.4 Å². The van der Waals surface area contributed by atoms with Gasteiger partial charge in [0.2, 0.25) is 0 Å². The maximum Gasteiger partial charge on any atom is 0.416 e. The summed E-state index contributed by atoms with van der Waals surface area (Å²) in [4.78, 5) is 22.9. The number of carbonyl (C=O) groups excluding carboxylic acids is 1. The Hall–Kier alpha value is -4.35. The first-order chi connectivity index (χ1) is 18.8. The van der Waals surface area contributed by atoms with Crippen LogP contribution in [-0.4, -0.2) is 39.5 Å². The zero-order valence-electron chi connectivity index (χ0n) is 20.8. The molecule has 0 spiro atoms. The summed E-state index contributed by atoms with van der Waals surface area (Å²) >= 11 is 0. The highest BCUT2D eigenvalue weighted by atomic mass is 19.4. The van der Waals surface area contributed by atoms with Crippen LogP contribution in [-0.2, 0) is 11.0 Å². The summed E-state index contributed by atoms with van der Waals surface area (Å²) in [7, 11) is 0. The van der Waals surface area contributed by atoms with Crippen LogP contribution in [0.5, 0.6) is 0 Å². The molecule has 0 radical (unpaired) electrons. The van der Waals surface area contributed by atoms with Crippen molar-refractivity contribution in [3.8, 4) is 11.1 Å². The summed E-state index contributed by atoms with van der Waals surface area (Å²) in [6.45, 7) is -0.0716. The van der Waals surface area contributed by atoms with Gasteiger partial charge in [-0.05, 0) is 59.5 Å². The highest BCUT2D eigenvalue weighted by Gasteiger charge is 2.31. The number of halogens is 6. The Bertz CT molecular complexity index is 1490. The number of carboxylic acid groups (broad SMARTS) is 1. The number of nitrogens with zero attached hydrogens (tertiary/aromatic N) is 2. The summed E-state index contributed by atoms with van der Waals surface area (Å²) in [5.74, 6) is -1.58. The third-order valence-electron chi connectivity index (χ3n) is 6.32. The Morgan fingerprint density at radius 1 is 0.900 bits per heavy atom. The molecular weight excluding hydrogens is 540 g/mol. The van der Waals surface area contributed by atoms with Gasteiger partial charge in [-0.2, -0.15) is 31.4 Å². The number of benzene rings is 3. The lowest BCUT2D eigenvalue weighted by atomic mass is 9.99. The Balaban J connectivity index is 1.62.